The van der Waals surface area contributed by atoms with Crippen LogP contribution in [-0.2, 0) is 26.5 Å². The monoisotopic (exact) mass is 334 g/mol. The summed E-state index contributed by atoms with van der Waals surface area (Å²) in [5, 5.41) is 11.9. The van der Waals surface area contributed by atoms with Gasteiger partial charge in [0.2, 0.25) is 0 Å². The molecule has 0 aromatic heterocycles. The molecule has 1 aliphatic heterocycles. The fourth-order valence-electron chi connectivity index (χ4n) is 2.64. The number of fused-ring (bicyclic) bond motifs is 1. The van der Waals surface area contributed by atoms with E-state index in [1.807, 2.05) is 24.3 Å². The number of amides is 1. The summed E-state index contributed by atoms with van der Waals surface area (Å²) in [6.07, 6.45) is -1.06. The van der Waals surface area contributed by atoms with Crippen molar-refractivity contribution in [2.75, 3.05) is 5.32 Å². The van der Waals surface area contributed by atoms with Gasteiger partial charge in [-0.3, -0.25) is 4.79 Å². The van der Waals surface area contributed by atoms with Gasteiger partial charge in [-0.1, -0.05) is 55.1 Å². The van der Waals surface area contributed by atoms with E-state index in [1.165, 1.54) is 0 Å². The van der Waals surface area contributed by atoms with E-state index >= 15 is 0 Å². The second-order valence-electron chi connectivity index (χ2n) is 5.40. The molecule has 0 bridgehead atoms. The molecule has 2 aromatic carbocycles. The number of anilines is 1. The zero-order valence-electron chi connectivity index (χ0n) is 13.2. The molecular weight excluding hydrogens is 320 g/mol. The second kappa shape index (κ2) is 6.49. The summed E-state index contributed by atoms with van der Waals surface area (Å²) in [7, 11) is 0. The number of hydrogen-bond donors (Lipinski definition) is 1. The summed E-state index contributed by atoms with van der Waals surface area (Å²) in [6.45, 7) is 3.58. The van der Waals surface area contributed by atoms with Crippen molar-refractivity contribution in [3.8, 4) is 6.07 Å². The van der Waals surface area contributed by atoms with Gasteiger partial charge in [-0.15, -0.1) is 0 Å². The summed E-state index contributed by atoms with van der Waals surface area (Å²) in [5.41, 5.74) is -0.544. The van der Waals surface area contributed by atoms with Gasteiger partial charge in [-0.2, -0.15) is 5.26 Å². The van der Waals surface area contributed by atoms with E-state index in [0.29, 0.717) is 11.3 Å². The molecule has 6 nitrogen and oxygen atoms in total. The molecule has 1 unspecified atom stereocenters. The fraction of sp³-hybridized carbons (Fsp3) is 0.105. The van der Waals surface area contributed by atoms with Gasteiger partial charge in [0.25, 0.3) is 11.5 Å². The zero-order chi connectivity index (χ0) is 17.9. The van der Waals surface area contributed by atoms with Gasteiger partial charge in [0.05, 0.1) is 11.6 Å². The number of para-hydroxylation sites is 1. The van der Waals surface area contributed by atoms with Crippen molar-refractivity contribution < 1.29 is 19.1 Å². The topological polar surface area (TPSA) is 88.4 Å². The van der Waals surface area contributed by atoms with Gasteiger partial charge in [-0.05, 0) is 11.6 Å². The molecule has 0 aliphatic carbocycles. The number of hydrogen-bond acceptors (Lipinski definition) is 5. The Hall–Kier alpha value is -3.59. The molecule has 0 radical (unpaired) electrons. The Morgan fingerprint density at radius 1 is 1.16 bits per heavy atom. The minimum absolute atomic E-state index is 0.0158. The van der Waals surface area contributed by atoms with Crippen LogP contribution in [0.25, 0.3) is 0 Å². The highest BCUT2D eigenvalue weighted by molar-refractivity contribution is 6.08. The highest BCUT2D eigenvalue weighted by atomic mass is 16.7. The Morgan fingerprint density at radius 2 is 1.84 bits per heavy atom. The van der Waals surface area contributed by atoms with Crippen LogP contribution in [0, 0.1) is 11.3 Å². The SMILES string of the molecule is C=C(C#N)C1(OC(=O)OCc2ccccc2)C(=O)Nc2ccccc21. The zero-order valence-corrected chi connectivity index (χ0v) is 13.2. The number of ether oxygens (including phenoxy) is 2. The first-order valence-electron chi connectivity index (χ1n) is 7.48. The Balaban J connectivity index is 1.86. The van der Waals surface area contributed by atoms with Crippen LogP contribution in [0.4, 0.5) is 10.5 Å². The van der Waals surface area contributed by atoms with Crippen LogP contribution in [0.3, 0.4) is 0 Å². The highest BCUT2D eigenvalue weighted by Gasteiger charge is 2.53. The maximum atomic E-state index is 12.5. The van der Waals surface area contributed by atoms with Gasteiger partial charge in [-0.25, -0.2) is 4.79 Å². The van der Waals surface area contributed by atoms with Crippen molar-refractivity contribution in [1.82, 2.24) is 0 Å². The van der Waals surface area contributed by atoms with E-state index in [1.54, 1.807) is 36.4 Å². The van der Waals surface area contributed by atoms with Crippen LogP contribution < -0.4 is 5.32 Å². The lowest BCUT2D eigenvalue weighted by molar-refractivity contribution is -0.132. The molecule has 1 N–H and O–H groups in total. The standard InChI is InChI=1S/C19H14N2O4/c1-13(11-20)19(15-9-5-6-10-16(15)21-17(19)22)25-18(23)24-12-14-7-3-2-4-8-14/h2-10H,1,12H2,(H,21,22). The maximum absolute atomic E-state index is 12.5. The quantitative estimate of drug-likeness (QED) is 0.685. The van der Waals surface area contributed by atoms with E-state index in [9.17, 15) is 14.9 Å². The molecule has 0 saturated carbocycles. The lowest BCUT2D eigenvalue weighted by Crippen LogP contribution is -2.40. The Kier molecular flexibility index (Phi) is 4.23. The third-order valence-corrected chi connectivity index (χ3v) is 3.87. The van der Waals surface area contributed by atoms with Gasteiger partial charge in [0.1, 0.15) is 6.61 Å². The second-order valence-corrected chi connectivity index (χ2v) is 5.40. The predicted octanol–water partition coefficient (Wildman–Crippen LogP) is 3.27. The number of nitrogens with zero attached hydrogens (tertiary/aromatic N) is 1. The smallest absolute Gasteiger partial charge is 0.429 e. The molecule has 1 amide bonds. The van der Waals surface area contributed by atoms with Crippen molar-refractivity contribution in [3.05, 3.63) is 77.9 Å². The van der Waals surface area contributed by atoms with Gasteiger partial charge < -0.3 is 14.8 Å². The van der Waals surface area contributed by atoms with E-state index in [-0.39, 0.29) is 12.2 Å². The van der Waals surface area contributed by atoms with Crippen molar-refractivity contribution in [2.24, 2.45) is 0 Å². The van der Waals surface area contributed by atoms with E-state index < -0.39 is 17.7 Å². The predicted molar refractivity (Wildman–Crippen MR) is 89.2 cm³/mol. The number of rotatable bonds is 4. The van der Waals surface area contributed by atoms with E-state index in [4.69, 9.17) is 9.47 Å². The minimum atomic E-state index is -1.92. The van der Waals surface area contributed by atoms with Crippen LogP contribution in [0.15, 0.2) is 66.7 Å². The Labute approximate surface area is 144 Å². The lowest BCUT2D eigenvalue weighted by Gasteiger charge is -2.25. The van der Waals surface area contributed by atoms with Crippen LogP contribution in [0.1, 0.15) is 11.1 Å². The fourth-order valence-corrected chi connectivity index (χ4v) is 2.64. The molecule has 1 atom stereocenters. The van der Waals surface area contributed by atoms with Gasteiger partial charge in [0.15, 0.2) is 0 Å². The van der Waals surface area contributed by atoms with E-state index in [0.717, 1.165) is 5.56 Å². The van der Waals surface area contributed by atoms with Gasteiger partial charge >= 0.3 is 6.16 Å². The molecule has 6 heteroatoms. The summed E-state index contributed by atoms with van der Waals surface area (Å²) in [5.74, 6) is -0.656. The molecule has 0 spiro atoms. The first-order valence-corrected chi connectivity index (χ1v) is 7.48. The van der Waals surface area contributed by atoms with Crippen molar-refractivity contribution >= 4 is 17.7 Å². The average molecular weight is 334 g/mol. The number of carbonyl (C=O) groups excluding carboxylic acids is 2. The third-order valence-electron chi connectivity index (χ3n) is 3.87. The van der Waals surface area contributed by atoms with Crippen molar-refractivity contribution in [1.29, 1.82) is 5.26 Å². The molecule has 1 heterocycles. The highest BCUT2D eigenvalue weighted by Crippen LogP contribution is 2.43. The number of carbonyl (C=O) groups is 2. The Morgan fingerprint density at radius 3 is 2.56 bits per heavy atom. The first-order chi connectivity index (χ1) is 12.1. The summed E-state index contributed by atoms with van der Waals surface area (Å²) >= 11 is 0. The lowest BCUT2D eigenvalue weighted by atomic mass is 9.88. The first kappa shape index (κ1) is 16.3. The molecule has 0 saturated heterocycles. The van der Waals surface area contributed by atoms with E-state index in [2.05, 4.69) is 11.9 Å². The summed E-state index contributed by atoms with van der Waals surface area (Å²) < 4.78 is 10.4. The largest absolute Gasteiger partial charge is 0.510 e. The number of benzene rings is 2. The van der Waals surface area contributed by atoms with Crippen LogP contribution in [0.5, 0.6) is 0 Å². The number of nitrogens with one attached hydrogen (secondary N) is 1. The minimum Gasteiger partial charge on any atom is -0.429 e. The molecule has 3 rings (SSSR count). The maximum Gasteiger partial charge on any atom is 0.510 e. The number of nitriles is 1. The Bertz CT molecular complexity index is 886. The van der Waals surface area contributed by atoms with Crippen LogP contribution in [-0.4, -0.2) is 12.1 Å². The summed E-state index contributed by atoms with van der Waals surface area (Å²) in [4.78, 5) is 24.7. The van der Waals surface area contributed by atoms with Crippen molar-refractivity contribution in [3.63, 3.8) is 0 Å². The third kappa shape index (κ3) is 2.83. The summed E-state index contributed by atoms with van der Waals surface area (Å²) in [6, 6.07) is 17.5. The molecule has 0 fully saturated rings. The molecule has 2 aromatic rings. The normalized spacial score (nSPS) is 17.8. The molecule has 25 heavy (non-hydrogen) atoms. The molecular formula is C19H14N2O4. The van der Waals surface area contributed by atoms with Crippen LogP contribution >= 0.6 is 0 Å². The molecule has 1 aliphatic rings. The van der Waals surface area contributed by atoms with Gasteiger partial charge in [0, 0.05) is 11.3 Å². The van der Waals surface area contributed by atoms with Crippen molar-refractivity contribution in [2.45, 2.75) is 12.2 Å². The average Bonchev–Trinajstić information content (AvgIpc) is 2.93. The van der Waals surface area contributed by atoms with Crippen LogP contribution in [0.2, 0.25) is 0 Å². The molecule has 124 valence electrons.